The Balaban J connectivity index is 1.57. The second-order valence-corrected chi connectivity index (χ2v) is 5.48. The zero-order valence-electron chi connectivity index (χ0n) is 10.5. The van der Waals surface area contributed by atoms with E-state index in [2.05, 4.69) is 20.0 Å². The van der Waals surface area contributed by atoms with Gasteiger partial charge < -0.3 is 5.32 Å². The molecular formula is C12H15N5OS. The Hall–Kier alpha value is -1.76. The summed E-state index contributed by atoms with van der Waals surface area (Å²) in [6, 6.07) is 2.50. The molecule has 0 unspecified atom stereocenters. The summed E-state index contributed by atoms with van der Waals surface area (Å²) < 4.78 is 5.70. The molecule has 100 valence electrons. The van der Waals surface area contributed by atoms with Crippen molar-refractivity contribution in [1.29, 1.82) is 0 Å². The van der Waals surface area contributed by atoms with E-state index in [4.69, 9.17) is 0 Å². The second-order valence-electron chi connectivity index (χ2n) is 4.69. The molecule has 0 bridgehead atoms. The van der Waals surface area contributed by atoms with Gasteiger partial charge in [0.25, 0.3) is 5.91 Å². The Bertz CT molecular complexity index is 544. The minimum atomic E-state index is -0.148. The van der Waals surface area contributed by atoms with Crippen LogP contribution in [-0.4, -0.2) is 25.3 Å². The first kappa shape index (κ1) is 12.3. The van der Waals surface area contributed by atoms with Gasteiger partial charge in [0.2, 0.25) is 0 Å². The molecule has 2 heterocycles. The van der Waals surface area contributed by atoms with E-state index >= 15 is 0 Å². The topological polar surface area (TPSA) is 72.7 Å². The molecule has 0 saturated heterocycles. The molecule has 1 fully saturated rings. The molecule has 3 rings (SSSR count). The predicted molar refractivity (Wildman–Crippen MR) is 70.8 cm³/mol. The SMILES string of the molecule is O=C(NCc1ccn(C2CCCC2)n1)c1cnns1. The third kappa shape index (κ3) is 2.81. The van der Waals surface area contributed by atoms with E-state index in [9.17, 15) is 4.79 Å². The lowest BCUT2D eigenvalue weighted by atomic mass is 10.3. The van der Waals surface area contributed by atoms with Crippen LogP contribution in [0.1, 0.15) is 47.1 Å². The molecule has 1 N–H and O–H groups in total. The normalized spacial score (nSPS) is 15.8. The largest absolute Gasteiger partial charge is 0.346 e. The van der Waals surface area contributed by atoms with Crippen molar-refractivity contribution in [3.05, 3.63) is 29.0 Å². The molecule has 0 radical (unpaired) electrons. The highest BCUT2D eigenvalue weighted by Crippen LogP contribution is 2.28. The van der Waals surface area contributed by atoms with Gasteiger partial charge in [-0.25, -0.2) is 0 Å². The van der Waals surface area contributed by atoms with Gasteiger partial charge in [-0.1, -0.05) is 17.3 Å². The van der Waals surface area contributed by atoms with E-state index < -0.39 is 0 Å². The average Bonchev–Trinajstić information content (AvgIpc) is 3.14. The molecule has 19 heavy (non-hydrogen) atoms. The smallest absolute Gasteiger partial charge is 0.264 e. The minimum Gasteiger partial charge on any atom is -0.346 e. The van der Waals surface area contributed by atoms with Crippen molar-refractivity contribution in [3.8, 4) is 0 Å². The summed E-state index contributed by atoms with van der Waals surface area (Å²) in [5.74, 6) is -0.148. The lowest BCUT2D eigenvalue weighted by Gasteiger charge is -2.08. The third-order valence-corrected chi connectivity index (χ3v) is 4.04. The Morgan fingerprint density at radius 3 is 3.05 bits per heavy atom. The molecule has 1 saturated carbocycles. The van der Waals surface area contributed by atoms with Crippen LogP contribution >= 0.6 is 11.5 Å². The van der Waals surface area contributed by atoms with Crippen LogP contribution in [0.2, 0.25) is 0 Å². The van der Waals surface area contributed by atoms with E-state index in [1.165, 1.54) is 31.9 Å². The quantitative estimate of drug-likeness (QED) is 0.924. The summed E-state index contributed by atoms with van der Waals surface area (Å²) in [5.41, 5.74) is 0.887. The molecule has 0 aromatic carbocycles. The van der Waals surface area contributed by atoms with Crippen LogP contribution in [0.25, 0.3) is 0 Å². The summed E-state index contributed by atoms with van der Waals surface area (Å²) in [6.07, 6.45) is 8.47. The molecule has 1 amide bonds. The average molecular weight is 277 g/mol. The maximum atomic E-state index is 11.7. The molecule has 2 aromatic heterocycles. The number of hydrogen-bond acceptors (Lipinski definition) is 5. The van der Waals surface area contributed by atoms with E-state index in [0.717, 1.165) is 17.2 Å². The maximum Gasteiger partial charge on any atom is 0.264 e. The van der Waals surface area contributed by atoms with Gasteiger partial charge in [0, 0.05) is 6.20 Å². The zero-order chi connectivity index (χ0) is 13.1. The lowest BCUT2D eigenvalue weighted by Crippen LogP contribution is -2.22. The fraction of sp³-hybridized carbons (Fsp3) is 0.500. The van der Waals surface area contributed by atoms with Crippen LogP contribution in [0.3, 0.4) is 0 Å². The van der Waals surface area contributed by atoms with Gasteiger partial charge in [-0.3, -0.25) is 9.48 Å². The maximum absolute atomic E-state index is 11.7. The molecule has 1 aliphatic rings. The summed E-state index contributed by atoms with van der Waals surface area (Å²) in [4.78, 5) is 12.3. The fourth-order valence-corrected chi connectivity index (χ4v) is 2.80. The highest BCUT2D eigenvalue weighted by Gasteiger charge is 2.17. The fourth-order valence-electron chi connectivity index (χ4n) is 2.37. The van der Waals surface area contributed by atoms with Crippen LogP contribution in [0.5, 0.6) is 0 Å². The third-order valence-electron chi connectivity index (χ3n) is 3.38. The molecular weight excluding hydrogens is 262 g/mol. The second kappa shape index (κ2) is 5.48. The Morgan fingerprint density at radius 2 is 2.32 bits per heavy atom. The van der Waals surface area contributed by atoms with Gasteiger partial charge in [0.1, 0.15) is 4.88 Å². The van der Waals surface area contributed by atoms with Crippen LogP contribution in [0.15, 0.2) is 18.5 Å². The Morgan fingerprint density at radius 1 is 1.47 bits per heavy atom. The van der Waals surface area contributed by atoms with Crippen molar-refractivity contribution >= 4 is 17.4 Å². The van der Waals surface area contributed by atoms with Crippen LogP contribution < -0.4 is 5.32 Å². The highest BCUT2D eigenvalue weighted by molar-refractivity contribution is 7.07. The van der Waals surface area contributed by atoms with Crippen molar-refractivity contribution in [3.63, 3.8) is 0 Å². The molecule has 7 heteroatoms. The van der Waals surface area contributed by atoms with E-state index in [-0.39, 0.29) is 5.91 Å². The van der Waals surface area contributed by atoms with Gasteiger partial charge in [0.05, 0.1) is 24.5 Å². The van der Waals surface area contributed by atoms with Crippen molar-refractivity contribution in [2.24, 2.45) is 0 Å². The molecule has 0 atom stereocenters. The van der Waals surface area contributed by atoms with Crippen molar-refractivity contribution < 1.29 is 4.79 Å². The number of hydrogen-bond donors (Lipinski definition) is 1. The van der Waals surface area contributed by atoms with Gasteiger partial charge in [-0.2, -0.15) is 5.10 Å². The van der Waals surface area contributed by atoms with Gasteiger partial charge >= 0.3 is 0 Å². The first-order valence-electron chi connectivity index (χ1n) is 6.42. The number of carbonyl (C=O) groups excluding carboxylic acids is 1. The van der Waals surface area contributed by atoms with E-state index in [1.807, 2.05) is 16.9 Å². The Labute approximate surface area is 115 Å². The zero-order valence-corrected chi connectivity index (χ0v) is 11.3. The highest BCUT2D eigenvalue weighted by atomic mass is 32.1. The predicted octanol–water partition coefficient (Wildman–Crippen LogP) is 1.78. The van der Waals surface area contributed by atoms with E-state index in [0.29, 0.717) is 17.5 Å². The minimum absolute atomic E-state index is 0.148. The molecule has 6 nitrogen and oxygen atoms in total. The Kier molecular flexibility index (Phi) is 3.54. The standard InChI is InChI=1S/C12H15N5OS/c18-12(11-8-14-16-19-11)13-7-9-5-6-17(15-9)10-3-1-2-4-10/h5-6,8,10H,1-4,7H2,(H,13,18). The summed E-state index contributed by atoms with van der Waals surface area (Å²) >= 11 is 1.09. The first-order chi connectivity index (χ1) is 9.33. The summed E-state index contributed by atoms with van der Waals surface area (Å²) in [6.45, 7) is 0.441. The van der Waals surface area contributed by atoms with Crippen molar-refractivity contribution in [2.75, 3.05) is 0 Å². The van der Waals surface area contributed by atoms with Crippen LogP contribution in [0, 0.1) is 0 Å². The number of rotatable bonds is 4. The molecule has 0 spiro atoms. The van der Waals surface area contributed by atoms with Gasteiger partial charge in [-0.15, -0.1) is 5.10 Å². The van der Waals surface area contributed by atoms with Gasteiger partial charge in [0.15, 0.2) is 0 Å². The molecule has 2 aromatic rings. The van der Waals surface area contributed by atoms with Crippen molar-refractivity contribution in [1.82, 2.24) is 24.7 Å². The number of amides is 1. The van der Waals surface area contributed by atoms with Crippen LogP contribution in [-0.2, 0) is 6.54 Å². The number of nitrogens with one attached hydrogen (secondary N) is 1. The number of nitrogens with zero attached hydrogens (tertiary/aromatic N) is 4. The monoisotopic (exact) mass is 277 g/mol. The number of aromatic nitrogens is 4. The summed E-state index contributed by atoms with van der Waals surface area (Å²) in [5, 5.41) is 11.0. The van der Waals surface area contributed by atoms with E-state index in [1.54, 1.807) is 0 Å². The van der Waals surface area contributed by atoms with Gasteiger partial charge in [-0.05, 0) is 30.4 Å². The molecule has 0 aliphatic heterocycles. The summed E-state index contributed by atoms with van der Waals surface area (Å²) in [7, 11) is 0. The van der Waals surface area contributed by atoms with Crippen LogP contribution in [0.4, 0.5) is 0 Å². The van der Waals surface area contributed by atoms with Crippen molar-refractivity contribution in [2.45, 2.75) is 38.3 Å². The molecule has 1 aliphatic carbocycles. The number of carbonyl (C=O) groups is 1. The lowest BCUT2D eigenvalue weighted by molar-refractivity contribution is 0.0954. The first-order valence-corrected chi connectivity index (χ1v) is 7.20.